The zero-order chi connectivity index (χ0) is 14.4. The standard InChI is InChI=1S/C17H21NO2/c1-3-4-5-11-17(19)18-12-7-10-16(18)14-8-6-9-15(13-14)20-2/h3-6,8-9,11,13,16H,7,10,12H2,1-2H3/b4-3+,11-5-/t16-/m0/s1. The molecule has 1 aliphatic heterocycles. The van der Waals surface area contributed by atoms with Crippen molar-refractivity contribution in [3.63, 3.8) is 0 Å². The van der Waals surface area contributed by atoms with Crippen LogP contribution in [0, 0.1) is 0 Å². The molecule has 1 saturated heterocycles. The molecule has 0 radical (unpaired) electrons. The van der Waals surface area contributed by atoms with Gasteiger partial charge in [-0.25, -0.2) is 0 Å². The highest BCUT2D eigenvalue weighted by Crippen LogP contribution is 2.33. The number of amides is 1. The number of nitrogens with zero attached hydrogens (tertiary/aromatic N) is 1. The van der Waals surface area contributed by atoms with E-state index in [1.54, 1.807) is 19.3 Å². The minimum atomic E-state index is 0.0772. The van der Waals surface area contributed by atoms with Gasteiger partial charge in [0.15, 0.2) is 0 Å². The number of benzene rings is 1. The summed E-state index contributed by atoms with van der Waals surface area (Å²) in [5, 5.41) is 0. The van der Waals surface area contributed by atoms with Gasteiger partial charge in [0.2, 0.25) is 5.91 Å². The van der Waals surface area contributed by atoms with E-state index in [1.165, 1.54) is 0 Å². The average Bonchev–Trinajstić information content (AvgIpc) is 2.97. The number of hydrogen-bond donors (Lipinski definition) is 0. The molecule has 0 saturated carbocycles. The van der Waals surface area contributed by atoms with E-state index in [1.807, 2.05) is 42.2 Å². The van der Waals surface area contributed by atoms with Gasteiger partial charge < -0.3 is 9.64 Å². The van der Waals surface area contributed by atoms with E-state index in [4.69, 9.17) is 4.74 Å². The van der Waals surface area contributed by atoms with Crippen molar-refractivity contribution >= 4 is 5.91 Å². The van der Waals surface area contributed by atoms with E-state index >= 15 is 0 Å². The third kappa shape index (κ3) is 3.29. The maximum Gasteiger partial charge on any atom is 0.247 e. The van der Waals surface area contributed by atoms with Crippen LogP contribution < -0.4 is 4.74 Å². The molecule has 0 bridgehead atoms. The smallest absolute Gasteiger partial charge is 0.247 e. The number of rotatable bonds is 4. The monoisotopic (exact) mass is 271 g/mol. The maximum absolute atomic E-state index is 12.2. The molecule has 0 spiro atoms. The lowest BCUT2D eigenvalue weighted by Crippen LogP contribution is -2.28. The van der Waals surface area contributed by atoms with Gasteiger partial charge in [-0.3, -0.25) is 4.79 Å². The van der Waals surface area contributed by atoms with E-state index < -0.39 is 0 Å². The zero-order valence-electron chi connectivity index (χ0n) is 12.1. The molecule has 1 aromatic carbocycles. The number of ether oxygens (including phenoxy) is 1. The van der Waals surface area contributed by atoms with Crippen molar-refractivity contribution in [2.24, 2.45) is 0 Å². The molecule has 0 aliphatic carbocycles. The van der Waals surface area contributed by atoms with Crippen LogP contribution >= 0.6 is 0 Å². The first-order valence-corrected chi connectivity index (χ1v) is 7.00. The molecule has 1 aromatic rings. The van der Waals surface area contributed by atoms with Crippen molar-refractivity contribution in [2.75, 3.05) is 13.7 Å². The maximum atomic E-state index is 12.2. The lowest BCUT2D eigenvalue weighted by molar-refractivity contribution is -0.126. The summed E-state index contributed by atoms with van der Waals surface area (Å²) < 4.78 is 5.26. The number of carbonyl (C=O) groups is 1. The molecule has 3 nitrogen and oxygen atoms in total. The Balaban J connectivity index is 2.16. The quantitative estimate of drug-likeness (QED) is 0.619. The molecule has 0 N–H and O–H groups in total. The second-order valence-corrected chi connectivity index (χ2v) is 4.85. The molecule has 3 heteroatoms. The van der Waals surface area contributed by atoms with Gasteiger partial charge in [0.1, 0.15) is 5.75 Å². The molecule has 1 aliphatic rings. The molecular weight excluding hydrogens is 250 g/mol. The van der Waals surface area contributed by atoms with Crippen LogP contribution in [0.15, 0.2) is 48.6 Å². The van der Waals surface area contributed by atoms with Crippen LogP contribution in [0.4, 0.5) is 0 Å². The fourth-order valence-electron chi connectivity index (χ4n) is 2.57. The SMILES string of the molecule is C/C=C/C=C\C(=O)N1CCC[C@H]1c1cccc(OC)c1. The second kappa shape index (κ2) is 6.94. The first-order chi connectivity index (χ1) is 9.76. The van der Waals surface area contributed by atoms with Crippen LogP contribution in [0.5, 0.6) is 5.75 Å². The predicted octanol–water partition coefficient (Wildman–Crippen LogP) is 3.49. The summed E-state index contributed by atoms with van der Waals surface area (Å²) in [5.74, 6) is 0.916. The second-order valence-electron chi connectivity index (χ2n) is 4.85. The minimum absolute atomic E-state index is 0.0772. The molecule has 20 heavy (non-hydrogen) atoms. The molecule has 1 heterocycles. The van der Waals surface area contributed by atoms with Gasteiger partial charge in [0.05, 0.1) is 13.2 Å². The zero-order valence-corrected chi connectivity index (χ0v) is 12.1. The summed E-state index contributed by atoms with van der Waals surface area (Å²) in [6, 6.07) is 8.15. The van der Waals surface area contributed by atoms with E-state index in [-0.39, 0.29) is 11.9 Å². The lowest BCUT2D eigenvalue weighted by Gasteiger charge is -2.24. The largest absolute Gasteiger partial charge is 0.497 e. The van der Waals surface area contributed by atoms with E-state index in [0.717, 1.165) is 30.7 Å². The van der Waals surface area contributed by atoms with Crippen LogP contribution in [-0.2, 0) is 4.79 Å². The van der Waals surface area contributed by atoms with Crippen LogP contribution in [0.25, 0.3) is 0 Å². The molecule has 106 valence electrons. The van der Waals surface area contributed by atoms with Gasteiger partial charge in [0, 0.05) is 12.6 Å². The van der Waals surface area contributed by atoms with Crippen molar-refractivity contribution in [3.8, 4) is 5.75 Å². The Morgan fingerprint density at radius 3 is 3.00 bits per heavy atom. The van der Waals surface area contributed by atoms with Crippen molar-refractivity contribution < 1.29 is 9.53 Å². The van der Waals surface area contributed by atoms with Crippen molar-refractivity contribution in [2.45, 2.75) is 25.8 Å². The number of hydrogen-bond acceptors (Lipinski definition) is 2. The van der Waals surface area contributed by atoms with Crippen LogP contribution in [0.2, 0.25) is 0 Å². The van der Waals surface area contributed by atoms with Gasteiger partial charge in [-0.2, -0.15) is 0 Å². The van der Waals surface area contributed by atoms with Crippen LogP contribution in [0.3, 0.4) is 0 Å². The van der Waals surface area contributed by atoms with E-state index in [9.17, 15) is 4.79 Å². The van der Waals surface area contributed by atoms with Crippen molar-refractivity contribution in [1.29, 1.82) is 0 Å². The first-order valence-electron chi connectivity index (χ1n) is 7.00. The summed E-state index contributed by atoms with van der Waals surface area (Å²) >= 11 is 0. The van der Waals surface area contributed by atoms with Crippen molar-refractivity contribution in [3.05, 3.63) is 54.1 Å². The Hall–Kier alpha value is -2.03. The molecule has 1 atom stereocenters. The normalized spacial score (nSPS) is 19.1. The van der Waals surface area contributed by atoms with Gasteiger partial charge in [0.25, 0.3) is 0 Å². The third-order valence-electron chi connectivity index (χ3n) is 3.56. The molecule has 2 rings (SSSR count). The Kier molecular flexibility index (Phi) is 4.99. The highest BCUT2D eigenvalue weighted by atomic mass is 16.5. The Labute approximate surface area is 120 Å². The Morgan fingerprint density at radius 2 is 2.25 bits per heavy atom. The average molecular weight is 271 g/mol. The fourth-order valence-corrected chi connectivity index (χ4v) is 2.57. The van der Waals surface area contributed by atoms with Gasteiger partial charge in [-0.15, -0.1) is 0 Å². The predicted molar refractivity (Wildman–Crippen MR) is 80.6 cm³/mol. The summed E-state index contributed by atoms with van der Waals surface area (Å²) in [4.78, 5) is 14.2. The molecular formula is C17H21NO2. The van der Waals surface area contributed by atoms with Crippen LogP contribution in [-0.4, -0.2) is 24.5 Å². The third-order valence-corrected chi connectivity index (χ3v) is 3.56. The van der Waals surface area contributed by atoms with E-state index in [2.05, 4.69) is 6.07 Å². The Morgan fingerprint density at radius 1 is 1.40 bits per heavy atom. The van der Waals surface area contributed by atoms with Crippen LogP contribution in [0.1, 0.15) is 31.4 Å². The van der Waals surface area contributed by atoms with E-state index in [0.29, 0.717) is 0 Å². The van der Waals surface area contributed by atoms with Gasteiger partial charge in [-0.1, -0.05) is 30.4 Å². The summed E-state index contributed by atoms with van der Waals surface area (Å²) in [7, 11) is 1.66. The first kappa shape index (κ1) is 14.4. The van der Waals surface area contributed by atoms with Gasteiger partial charge in [-0.05, 0) is 37.5 Å². The van der Waals surface area contributed by atoms with Crippen molar-refractivity contribution in [1.82, 2.24) is 4.90 Å². The fraction of sp³-hybridized carbons (Fsp3) is 0.353. The number of likely N-dealkylation sites (tertiary alicyclic amines) is 1. The molecule has 1 fully saturated rings. The summed E-state index contributed by atoms with van der Waals surface area (Å²) in [6.45, 7) is 2.75. The lowest BCUT2D eigenvalue weighted by atomic mass is 10.0. The van der Waals surface area contributed by atoms with Gasteiger partial charge >= 0.3 is 0 Å². The number of carbonyl (C=O) groups excluding carboxylic acids is 1. The number of allylic oxidation sites excluding steroid dienone is 3. The highest BCUT2D eigenvalue weighted by molar-refractivity contribution is 5.88. The number of methoxy groups -OCH3 is 1. The topological polar surface area (TPSA) is 29.5 Å². The molecule has 0 aromatic heterocycles. The molecule has 1 amide bonds. The summed E-state index contributed by atoms with van der Waals surface area (Å²) in [6.07, 6.45) is 9.27. The minimum Gasteiger partial charge on any atom is -0.497 e. The summed E-state index contributed by atoms with van der Waals surface area (Å²) in [5.41, 5.74) is 1.15. The Bertz CT molecular complexity index is 519. The molecule has 0 unspecified atom stereocenters. The highest BCUT2D eigenvalue weighted by Gasteiger charge is 2.28.